The Labute approximate surface area is 122 Å². The van der Waals surface area contributed by atoms with Crippen molar-refractivity contribution in [2.75, 3.05) is 44.4 Å². The van der Waals surface area contributed by atoms with Gasteiger partial charge in [-0.2, -0.15) is 13.2 Å². The van der Waals surface area contributed by atoms with Crippen LogP contribution in [0.2, 0.25) is 0 Å². The van der Waals surface area contributed by atoms with Crippen molar-refractivity contribution in [3.8, 4) is 0 Å². The van der Waals surface area contributed by atoms with E-state index in [-0.39, 0.29) is 11.9 Å². The van der Waals surface area contributed by atoms with Crippen LogP contribution < -0.4 is 10.2 Å². The minimum atomic E-state index is -4.55. The molecule has 5 nitrogen and oxygen atoms in total. The minimum Gasteiger partial charge on any atom is -0.373 e. The molecule has 1 N–H and O–H groups in total. The van der Waals surface area contributed by atoms with Crippen LogP contribution in [0.4, 0.5) is 24.8 Å². The summed E-state index contributed by atoms with van der Waals surface area (Å²) >= 11 is 0. The summed E-state index contributed by atoms with van der Waals surface area (Å²) in [5.41, 5.74) is 0. The maximum absolute atomic E-state index is 12.9. The van der Waals surface area contributed by atoms with Gasteiger partial charge in [0.2, 0.25) is 5.82 Å². The number of nitrogens with zero attached hydrogens (tertiary/aromatic N) is 4. The van der Waals surface area contributed by atoms with Crippen LogP contribution in [0.1, 0.15) is 18.7 Å². The van der Waals surface area contributed by atoms with Crippen LogP contribution in [-0.2, 0) is 6.18 Å². The van der Waals surface area contributed by atoms with E-state index in [9.17, 15) is 13.2 Å². The van der Waals surface area contributed by atoms with Gasteiger partial charge in [-0.05, 0) is 26.4 Å². The second-order valence-electron chi connectivity index (χ2n) is 5.35. The Bertz CT molecular complexity index is 491. The van der Waals surface area contributed by atoms with E-state index in [0.29, 0.717) is 5.82 Å². The van der Waals surface area contributed by atoms with Gasteiger partial charge in [0.25, 0.3) is 0 Å². The molecular weight excluding hydrogens is 283 g/mol. The Kier molecular flexibility index (Phi) is 4.55. The standard InChI is InChI=1S/C13H20F3N5/c1-17-10-7-11(19-12(18-10)13(14,15)16)21(3)9-5-4-6-20(2)8-9/h7,9H,4-6,8H2,1-3H3,(H,17,18,19). The number of halogens is 3. The number of likely N-dealkylation sites (tertiary alicyclic amines) is 1. The van der Waals surface area contributed by atoms with Crippen molar-refractivity contribution in [1.29, 1.82) is 0 Å². The lowest BCUT2D eigenvalue weighted by Crippen LogP contribution is -2.45. The van der Waals surface area contributed by atoms with Crippen molar-refractivity contribution in [1.82, 2.24) is 14.9 Å². The first-order valence-electron chi connectivity index (χ1n) is 6.86. The quantitative estimate of drug-likeness (QED) is 0.926. The van der Waals surface area contributed by atoms with Gasteiger partial charge in [-0.25, -0.2) is 9.97 Å². The molecule has 118 valence electrons. The van der Waals surface area contributed by atoms with Crippen molar-refractivity contribution in [2.24, 2.45) is 0 Å². The van der Waals surface area contributed by atoms with Crippen molar-refractivity contribution < 1.29 is 13.2 Å². The zero-order chi connectivity index (χ0) is 15.6. The van der Waals surface area contributed by atoms with Crippen LogP contribution in [0.15, 0.2) is 6.07 Å². The Morgan fingerprint density at radius 1 is 1.38 bits per heavy atom. The summed E-state index contributed by atoms with van der Waals surface area (Å²) < 4.78 is 38.6. The molecule has 0 aromatic carbocycles. The van der Waals surface area contributed by atoms with Crippen LogP contribution in [0, 0.1) is 0 Å². The SMILES string of the molecule is CNc1cc(N(C)C2CCCN(C)C2)nc(C(F)(F)F)n1. The van der Waals surface area contributed by atoms with Crippen LogP contribution in [0.5, 0.6) is 0 Å². The summed E-state index contributed by atoms with van der Waals surface area (Å²) in [5, 5.41) is 2.66. The van der Waals surface area contributed by atoms with Gasteiger partial charge in [0.1, 0.15) is 11.6 Å². The van der Waals surface area contributed by atoms with E-state index in [1.807, 2.05) is 11.9 Å². The topological polar surface area (TPSA) is 44.3 Å². The molecule has 0 spiro atoms. The number of rotatable bonds is 3. The van der Waals surface area contributed by atoms with Gasteiger partial charge in [0, 0.05) is 32.7 Å². The van der Waals surface area contributed by atoms with Gasteiger partial charge in [0.05, 0.1) is 0 Å². The summed E-state index contributed by atoms with van der Waals surface area (Å²) in [4.78, 5) is 11.2. The molecule has 1 saturated heterocycles. The highest BCUT2D eigenvalue weighted by Crippen LogP contribution is 2.30. The van der Waals surface area contributed by atoms with E-state index in [4.69, 9.17) is 0 Å². The Morgan fingerprint density at radius 2 is 2.10 bits per heavy atom. The predicted molar refractivity (Wildman–Crippen MR) is 75.5 cm³/mol. The zero-order valence-corrected chi connectivity index (χ0v) is 12.4. The van der Waals surface area contributed by atoms with E-state index < -0.39 is 12.0 Å². The smallest absolute Gasteiger partial charge is 0.373 e. The first kappa shape index (κ1) is 15.8. The average Bonchev–Trinajstić information content (AvgIpc) is 2.45. The molecule has 0 aliphatic carbocycles. The van der Waals surface area contributed by atoms with Gasteiger partial charge >= 0.3 is 6.18 Å². The first-order valence-corrected chi connectivity index (χ1v) is 6.86. The molecule has 1 fully saturated rings. The highest BCUT2D eigenvalue weighted by Gasteiger charge is 2.36. The summed E-state index contributed by atoms with van der Waals surface area (Å²) in [6, 6.07) is 1.70. The predicted octanol–water partition coefficient (Wildman–Crippen LogP) is 2.07. The fraction of sp³-hybridized carbons (Fsp3) is 0.692. The molecule has 8 heteroatoms. The first-order chi connectivity index (χ1) is 9.81. The molecule has 0 amide bonds. The van der Waals surface area contributed by atoms with Gasteiger partial charge in [-0.15, -0.1) is 0 Å². The lowest BCUT2D eigenvalue weighted by Gasteiger charge is -2.36. The summed E-state index contributed by atoms with van der Waals surface area (Å²) in [6.45, 7) is 1.83. The summed E-state index contributed by atoms with van der Waals surface area (Å²) in [6.07, 6.45) is -2.57. The monoisotopic (exact) mass is 303 g/mol. The largest absolute Gasteiger partial charge is 0.451 e. The molecule has 1 atom stereocenters. The van der Waals surface area contributed by atoms with E-state index in [2.05, 4.69) is 20.2 Å². The lowest BCUT2D eigenvalue weighted by atomic mass is 10.1. The summed E-state index contributed by atoms with van der Waals surface area (Å²) in [5.74, 6) is -0.648. The molecular formula is C13H20F3N5. The van der Waals surface area contributed by atoms with Crippen LogP contribution in [0.3, 0.4) is 0 Å². The summed E-state index contributed by atoms with van der Waals surface area (Å²) in [7, 11) is 5.34. The van der Waals surface area contributed by atoms with Gasteiger partial charge < -0.3 is 15.1 Å². The van der Waals surface area contributed by atoms with Crippen molar-refractivity contribution >= 4 is 11.6 Å². The number of hydrogen-bond donors (Lipinski definition) is 1. The second-order valence-corrected chi connectivity index (χ2v) is 5.35. The van der Waals surface area contributed by atoms with E-state index >= 15 is 0 Å². The zero-order valence-electron chi connectivity index (χ0n) is 12.4. The third kappa shape index (κ3) is 3.75. The van der Waals surface area contributed by atoms with Gasteiger partial charge in [0.15, 0.2) is 0 Å². The number of alkyl halides is 3. The van der Waals surface area contributed by atoms with Crippen molar-refractivity contribution in [3.63, 3.8) is 0 Å². The Balaban J connectivity index is 2.29. The number of likely N-dealkylation sites (N-methyl/N-ethyl adjacent to an activating group) is 2. The normalized spacial score (nSPS) is 20.4. The van der Waals surface area contributed by atoms with Gasteiger partial charge in [-0.3, -0.25) is 0 Å². The molecule has 0 saturated carbocycles. The number of anilines is 2. The lowest BCUT2D eigenvalue weighted by molar-refractivity contribution is -0.144. The number of nitrogens with one attached hydrogen (secondary N) is 1. The Hall–Kier alpha value is -1.57. The van der Waals surface area contributed by atoms with Crippen LogP contribution in [0.25, 0.3) is 0 Å². The third-order valence-corrected chi connectivity index (χ3v) is 3.73. The van der Waals surface area contributed by atoms with Crippen molar-refractivity contribution in [2.45, 2.75) is 25.1 Å². The molecule has 0 bridgehead atoms. The van der Waals surface area contributed by atoms with E-state index in [0.717, 1.165) is 25.9 Å². The second kappa shape index (κ2) is 6.05. The number of hydrogen-bond acceptors (Lipinski definition) is 5. The molecule has 2 heterocycles. The van der Waals surface area contributed by atoms with Gasteiger partial charge in [-0.1, -0.05) is 0 Å². The molecule has 1 aromatic rings. The molecule has 21 heavy (non-hydrogen) atoms. The molecule has 1 aliphatic rings. The van der Waals surface area contributed by atoms with Crippen LogP contribution in [-0.4, -0.2) is 55.1 Å². The maximum atomic E-state index is 12.9. The highest BCUT2D eigenvalue weighted by molar-refractivity contribution is 5.49. The van der Waals surface area contributed by atoms with E-state index in [1.54, 1.807) is 20.2 Å². The average molecular weight is 303 g/mol. The molecule has 1 unspecified atom stereocenters. The minimum absolute atomic E-state index is 0.157. The van der Waals surface area contributed by atoms with E-state index in [1.165, 1.54) is 0 Å². The number of piperidine rings is 1. The molecule has 1 aliphatic heterocycles. The highest BCUT2D eigenvalue weighted by atomic mass is 19.4. The number of aromatic nitrogens is 2. The fourth-order valence-corrected chi connectivity index (χ4v) is 2.51. The Morgan fingerprint density at radius 3 is 2.67 bits per heavy atom. The molecule has 2 rings (SSSR count). The van der Waals surface area contributed by atoms with Crippen molar-refractivity contribution in [3.05, 3.63) is 11.9 Å². The molecule has 1 aromatic heterocycles. The maximum Gasteiger partial charge on any atom is 0.451 e. The fourth-order valence-electron chi connectivity index (χ4n) is 2.51. The van der Waals surface area contributed by atoms with Crippen LogP contribution >= 0.6 is 0 Å². The molecule has 0 radical (unpaired) electrons. The third-order valence-electron chi connectivity index (χ3n) is 3.73.